The Morgan fingerprint density at radius 2 is 1.94 bits per heavy atom. The van der Waals surface area contributed by atoms with E-state index in [1.165, 1.54) is 0 Å². The van der Waals surface area contributed by atoms with Crippen LogP contribution in [-0.2, 0) is 16.0 Å². The standard InChI is InChI=1S/C25H34N2O4S/c1-4-5-15-27(22(28)17-19-12-9-16-32-19)23(25(29)26-18-10-6-7-11-18)20-13-8-14-21(30-2)24(20)31-3/h8-9,12-14,16,18,23H,4-7,10-11,15,17H2,1-3H3,(H,26,29). The molecule has 0 saturated heterocycles. The Labute approximate surface area is 194 Å². The second kappa shape index (κ2) is 11.9. The van der Waals surface area contributed by atoms with E-state index in [0.29, 0.717) is 23.6 Å². The molecular formula is C25H34N2O4S. The van der Waals surface area contributed by atoms with Crippen LogP contribution in [0.3, 0.4) is 0 Å². The summed E-state index contributed by atoms with van der Waals surface area (Å²) < 4.78 is 11.2. The number of hydrogen-bond donors (Lipinski definition) is 1. The fourth-order valence-electron chi connectivity index (χ4n) is 4.32. The summed E-state index contributed by atoms with van der Waals surface area (Å²) in [5.74, 6) is 0.827. The molecule has 3 rings (SSSR count). The van der Waals surface area contributed by atoms with Crippen molar-refractivity contribution in [3.8, 4) is 11.5 Å². The van der Waals surface area contributed by atoms with Crippen molar-refractivity contribution < 1.29 is 19.1 Å². The van der Waals surface area contributed by atoms with Crippen LogP contribution in [0.25, 0.3) is 0 Å². The van der Waals surface area contributed by atoms with Crippen molar-refractivity contribution >= 4 is 23.2 Å². The van der Waals surface area contributed by atoms with E-state index in [4.69, 9.17) is 9.47 Å². The summed E-state index contributed by atoms with van der Waals surface area (Å²) in [7, 11) is 3.14. The highest BCUT2D eigenvalue weighted by atomic mass is 32.1. The first-order valence-corrected chi connectivity index (χ1v) is 12.3. The highest BCUT2D eigenvalue weighted by molar-refractivity contribution is 7.10. The third kappa shape index (κ3) is 5.82. The Morgan fingerprint density at radius 1 is 1.16 bits per heavy atom. The zero-order valence-electron chi connectivity index (χ0n) is 19.3. The molecule has 1 fully saturated rings. The van der Waals surface area contributed by atoms with Gasteiger partial charge in [-0.2, -0.15) is 0 Å². The largest absolute Gasteiger partial charge is 0.493 e. The molecular weight excluding hydrogens is 424 g/mol. The number of nitrogens with zero attached hydrogens (tertiary/aromatic N) is 1. The average molecular weight is 459 g/mol. The van der Waals surface area contributed by atoms with Crippen molar-refractivity contribution in [2.75, 3.05) is 20.8 Å². The zero-order chi connectivity index (χ0) is 22.9. The summed E-state index contributed by atoms with van der Waals surface area (Å²) in [6.45, 7) is 2.59. The number of amides is 2. The number of methoxy groups -OCH3 is 2. The molecule has 32 heavy (non-hydrogen) atoms. The summed E-state index contributed by atoms with van der Waals surface area (Å²) in [6.07, 6.45) is 6.22. The van der Waals surface area contributed by atoms with E-state index in [-0.39, 0.29) is 24.3 Å². The third-order valence-electron chi connectivity index (χ3n) is 5.97. The molecule has 174 valence electrons. The lowest BCUT2D eigenvalue weighted by atomic mass is 10.0. The van der Waals surface area contributed by atoms with Crippen molar-refractivity contribution in [1.82, 2.24) is 10.2 Å². The summed E-state index contributed by atoms with van der Waals surface area (Å²) in [5.41, 5.74) is 0.651. The second-order valence-electron chi connectivity index (χ2n) is 8.17. The SMILES string of the molecule is CCCCN(C(=O)Cc1cccs1)C(C(=O)NC1CCCC1)c1cccc(OC)c1OC. The molecule has 1 aromatic heterocycles. The lowest BCUT2D eigenvalue weighted by Gasteiger charge is -2.33. The lowest BCUT2D eigenvalue weighted by molar-refractivity contribution is -0.140. The van der Waals surface area contributed by atoms with Crippen molar-refractivity contribution in [1.29, 1.82) is 0 Å². The first-order chi connectivity index (χ1) is 15.6. The molecule has 0 bridgehead atoms. The van der Waals surface area contributed by atoms with Crippen LogP contribution in [0.2, 0.25) is 0 Å². The van der Waals surface area contributed by atoms with Gasteiger partial charge in [-0.15, -0.1) is 11.3 Å². The highest BCUT2D eigenvalue weighted by Crippen LogP contribution is 2.38. The molecule has 1 saturated carbocycles. The molecule has 1 aliphatic rings. The smallest absolute Gasteiger partial charge is 0.247 e. The number of rotatable bonds is 11. The van der Waals surface area contributed by atoms with Crippen LogP contribution in [-0.4, -0.2) is 43.5 Å². The van der Waals surface area contributed by atoms with Gasteiger partial charge in [-0.25, -0.2) is 0 Å². The molecule has 1 aromatic carbocycles. The highest BCUT2D eigenvalue weighted by Gasteiger charge is 2.35. The number of thiophene rings is 1. The van der Waals surface area contributed by atoms with Crippen LogP contribution in [0.4, 0.5) is 0 Å². The zero-order valence-corrected chi connectivity index (χ0v) is 20.1. The van der Waals surface area contributed by atoms with Gasteiger partial charge in [-0.1, -0.05) is 44.4 Å². The third-order valence-corrected chi connectivity index (χ3v) is 6.84. The van der Waals surface area contributed by atoms with Gasteiger partial charge in [0.05, 0.1) is 20.6 Å². The topological polar surface area (TPSA) is 67.9 Å². The minimum atomic E-state index is -0.778. The number of carbonyl (C=O) groups is 2. The van der Waals surface area contributed by atoms with Crippen molar-refractivity contribution in [3.05, 3.63) is 46.2 Å². The number of carbonyl (C=O) groups excluding carboxylic acids is 2. The maximum atomic E-state index is 13.7. The number of benzene rings is 1. The summed E-state index contributed by atoms with van der Waals surface area (Å²) in [5, 5.41) is 5.18. The van der Waals surface area contributed by atoms with Gasteiger partial charge in [0, 0.05) is 23.0 Å². The molecule has 1 heterocycles. The van der Waals surface area contributed by atoms with E-state index in [1.807, 2.05) is 29.6 Å². The molecule has 7 heteroatoms. The summed E-state index contributed by atoms with van der Waals surface area (Å²) >= 11 is 1.56. The maximum absolute atomic E-state index is 13.7. The van der Waals surface area contributed by atoms with E-state index in [1.54, 1.807) is 36.5 Å². The molecule has 0 aliphatic heterocycles. The number of unbranched alkanes of at least 4 members (excludes halogenated alkanes) is 1. The molecule has 0 radical (unpaired) electrons. The van der Waals surface area contributed by atoms with Crippen LogP contribution in [0.15, 0.2) is 35.7 Å². The number of ether oxygens (including phenoxy) is 2. The Morgan fingerprint density at radius 3 is 2.56 bits per heavy atom. The fourth-order valence-corrected chi connectivity index (χ4v) is 5.01. The van der Waals surface area contributed by atoms with Gasteiger partial charge < -0.3 is 19.7 Å². The molecule has 0 spiro atoms. The molecule has 2 amide bonds. The van der Waals surface area contributed by atoms with Crippen LogP contribution in [0.5, 0.6) is 11.5 Å². The van der Waals surface area contributed by atoms with Crippen LogP contribution in [0.1, 0.15) is 61.9 Å². The quantitative estimate of drug-likeness (QED) is 0.528. The predicted molar refractivity (Wildman–Crippen MR) is 127 cm³/mol. The van der Waals surface area contributed by atoms with Gasteiger partial charge in [0.1, 0.15) is 6.04 Å². The second-order valence-corrected chi connectivity index (χ2v) is 9.20. The molecule has 6 nitrogen and oxygen atoms in total. The number of hydrogen-bond acceptors (Lipinski definition) is 5. The van der Waals surface area contributed by atoms with Crippen LogP contribution >= 0.6 is 11.3 Å². The minimum absolute atomic E-state index is 0.0580. The van der Waals surface area contributed by atoms with E-state index in [0.717, 1.165) is 43.4 Å². The van der Waals surface area contributed by atoms with Crippen LogP contribution < -0.4 is 14.8 Å². The van der Waals surface area contributed by atoms with E-state index < -0.39 is 6.04 Å². The summed E-state index contributed by atoms with van der Waals surface area (Å²) in [6, 6.07) is 8.78. The summed E-state index contributed by atoms with van der Waals surface area (Å²) in [4.78, 5) is 29.9. The number of nitrogens with one attached hydrogen (secondary N) is 1. The fraction of sp³-hybridized carbons (Fsp3) is 0.520. The van der Waals surface area contributed by atoms with Gasteiger partial charge >= 0.3 is 0 Å². The maximum Gasteiger partial charge on any atom is 0.247 e. The van der Waals surface area contributed by atoms with E-state index >= 15 is 0 Å². The van der Waals surface area contributed by atoms with Crippen molar-refractivity contribution in [2.24, 2.45) is 0 Å². The Hall–Kier alpha value is -2.54. The van der Waals surface area contributed by atoms with Gasteiger partial charge in [-0.05, 0) is 36.8 Å². The molecule has 2 aromatic rings. The molecule has 1 atom stereocenters. The van der Waals surface area contributed by atoms with Gasteiger partial charge in [-0.3, -0.25) is 9.59 Å². The van der Waals surface area contributed by atoms with E-state index in [2.05, 4.69) is 12.2 Å². The van der Waals surface area contributed by atoms with Gasteiger partial charge in [0.2, 0.25) is 11.8 Å². The van der Waals surface area contributed by atoms with Crippen molar-refractivity contribution in [3.63, 3.8) is 0 Å². The van der Waals surface area contributed by atoms with Gasteiger partial charge in [0.15, 0.2) is 11.5 Å². The monoisotopic (exact) mass is 458 g/mol. The Bertz CT molecular complexity index is 878. The van der Waals surface area contributed by atoms with Crippen molar-refractivity contribution in [2.45, 2.75) is 64.0 Å². The molecule has 1 N–H and O–H groups in total. The average Bonchev–Trinajstić information content (AvgIpc) is 3.50. The normalized spacial score (nSPS) is 14.7. The van der Waals surface area contributed by atoms with Crippen LogP contribution in [0, 0.1) is 0 Å². The first kappa shape index (κ1) is 24.1. The predicted octanol–water partition coefficient (Wildman–Crippen LogP) is 4.74. The molecule has 1 unspecified atom stereocenters. The Balaban J connectivity index is 2.01. The lowest BCUT2D eigenvalue weighted by Crippen LogP contribution is -2.47. The van der Waals surface area contributed by atoms with Gasteiger partial charge in [0.25, 0.3) is 0 Å². The first-order valence-electron chi connectivity index (χ1n) is 11.4. The minimum Gasteiger partial charge on any atom is -0.493 e. The Kier molecular flexibility index (Phi) is 8.97. The van der Waals surface area contributed by atoms with E-state index in [9.17, 15) is 9.59 Å². The number of para-hydroxylation sites is 1. The molecule has 1 aliphatic carbocycles.